The standard InChI is InChI=1S/C11H14BrClN4O/c1-7(18)16-8-2-4-17(5-3-8)11-9(12)10(13)14-6-15-11/h6,8H,2-5H2,1H3,(H,16,18). The smallest absolute Gasteiger partial charge is 0.217 e. The van der Waals surface area contributed by atoms with Gasteiger partial charge in [-0.1, -0.05) is 11.6 Å². The Kier molecular flexibility index (Phi) is 4.40. The number of hydrogen-bond acceptors (Lipinski definition) is 4. The molecule has 0 aromatic carbocycles. The molecule has 0 spiro atoms. The molecule has 0 radical (unpaired) electrons. The van der Waals surface area contributed by atoms with Crippen LogP contribution in [-0.4, -0.2) is 35.0 Å². The zero-order valence-corrected chi connectivity index (χ0v) is 12.3. The van der Waals surface area contributed by atoms with Gasteiger partial charge in [0, 0.05) is 26.1 Å². The van der Waals surface area contributed by atoms with Crippen LogP contribution in [0.1, 0.15) is 19.8 Å². The summed E-state index contributed by atoms with van der Waals surface area (Å²) in [5, 5.41) is 3.36. The minimum absolute atomic E-state index is 0.0275. The number of rotatable bonds is 2. The Labute approximate surface area is 119 Å². The van der Waals surface area contributed by atoms with Crippen LogP contribution in [0.3, 0.4) is 0 Å². The van der Waals surface area contributed by atoms with Gasteiger partial charge in [-0.05, 0) is 28.8 Å². The molecule has 1 saturated heterocycles. The Hall–Kier alpha value is -0.880. The number of nitrogens with zero attached hydrogens (tertiary/aromatic N) is 3. The number of carbonyl (C=O) groups is 1. The summed E-state index contributed by atoms with van der Waals surface area (Å²) < 4.78 is 0.727. The number of amides is 1. The first-order chi connectivity index (χ1) is 8.58. The van der Waals surface area contributed by atoms with Gasteiger partial charge in [0.05, 0.1) is 4.47 Å². The first-order valence-electron chi connectivity index (χ1n) is 5.76. The van der Waals surface area contributed by atoms with Gasteiger partial charge < -0.3 is 10.2 Å². The van der Waals surface area contributed by atoms with Crippen LogP contribution < -0.4 is 10.2 Å². The second-order valence-electron chi connectivity index (χ2n) is 4.26. The van der Waals surface area contributed by atoms with Crippen molar-refractivity contribution < 1.29 is 4.79 Å². The van der Waals surface area contributed by atoms with Crippen LogP contribution in [0.4, 0.5) is 5.82 Å². The van der Waals surface area contributed by atoms with Crippen molar-refractivity contribution in [1.29, 1.82) is 0 Å². The number of nitrogens with one attached hydrogen (secondary N) is 1. The summed E-state index contributed by atoms with van der Waals surface area (Å²) in [6.45, 7) is 3.24. The summed E-state index contributed by atoms with van der Waals surface area (Å²) in [7, 11) is 0. The molecule has 2 heterocycles. The van der Waals surface area contributed by atoms with Crippen LogP contribution in [-0.2, 0) is 4.79 Å². The van der Waals surface area contributed by atoms with E-state index < -0.39 is 0 Å². The molecule has 1 amide bonds. The van der Waals surface area contributed by atoms with Crippen molar-refractivity contribution in [2.24, 2.45) is 0 Å². The Morgan fingerprint density at radius 3 is 2.78 bits per heavy atom. The minimum Gasteiger partial charge on any atom is -0.355 e. The summed E-state index contributed by atoms with van der Waals surface area (Å²) in [5.41, 5.74) is 0. The molecular formula is C11H14BrClN4O. The van der Waals surface area contributed by atoms with Gasteiger partial charge in [0.2, 0.25) is 5.91 Å². The number of halogens is 2. The quantitative estimate of drug-likeness (QED) is 0.841. The van der Waals surface area contributed by atoms with E-state index in [0.29, 0.717) is 5.15 Å². The minimum atomic E-state index is 0.0275. The maximum Gasteiger partial charge on any atom is 0.217 e. The van der Waals surface area contributed by atoms with E-state index in [9.17, 15) is 4.79 Å². The van der Waals surface area contributed by atoms with Gasteiger partial charge in [-0.25, -0.2) is 9.97 Å². The van der Waals surface area contributed by atoms with Crippen LogP contribution >= 0.6 is 27.5 Å². The Bertz CT molecular complexity index is 449. The zero-order valence-electron chi connectivity index (χ0n) is 9.99. The topological polar surface area (TPSA) is 58.1 Å². The average Bonchev–Trinajstić information content (AvgIpc) is 2.33. The summed E-state index contributed by atoms with van der Waals surface area (Å²) in [6.07, 6.45) is 3.28. The van der Waals surface area contributed by atoms with Crippen molar-refractivity contribution in [3.8, 4) is 0 Å². The molecule has 1 aromatic heterocycles. The van der Waals surface area contributed by atoms with Gasteiger partial charge >= 0.3 is 0 Å². The molecule has 1 aliphatic heterocycles. The van der Waals surface area contributed by atoms with Crippen LogP contribution in [0, 0.1) is 0 Å². The highest BCUT2D eigenvalue weighted by atomic mass is 79.9. The summed E-state index contributed by atoms with van der Waals surface area (Å²) in [4.78, 5) is 21.3. The van der Waals surface area contributed by atoms with Crippen LogP contribution in [0.5, 0.6) is 0 Å². The van der Waals surface area contributed by atoms with Crippen LogP contribution in [0.15, 0.2) is 10.8 Å². The Balaban J connectivity index is 2.01. The molecule has 5 nitrogen and oxygen atoms in total. The average molecular weight is 334 g/mol. The lowest BCUT2D eigenvalue weighted by molar-refractivity contribution is -0.119. The van der Waals surface area contributed by atoms with Gasteiger partial charge in [0.1, 0.15) is 17.3 Å². The molecule has 7 heteroatoms. The maximum atomic E-state index is 11.0. The van der Waals surface area contributed by atoms with Crippen LogP contribution in [0.2, 0.25) is 5.15 Å². The van der Waals surface area contributed by atoms with E-state index in [1.807, 2.05) is 0 Å². The molecule has 0 saturated carbocycles. The molecule has 1 N–H and O–H groups in total. The molecule has 1 fully saturated rings. The third kappa shape index (κ3) is 3.11. The highest BCUT2D eigenvalue weighted by molar-refractivity contribution is 9.10. The predicted molar refractivity (Wildman–Crippen MR) is 73.8 cm³/mol. The molecule has 18 heavy (non-hydrogen) atoms. The van der Waals surface area contributed by atoms with E-state index in [0.717, 1.165) is 36.2 Å². The van der Waals surface area contributed by atoms with Crippen molar-refractivity contribution in [1.82, 2.24) is 15.3 Å². The van der Waals surface area contributed by atoms with E-state index in [1.165, 1.54) is 6.33 Å². The fourth-order valence-corrected chi connectivity index (χ4v) is 2.67. The number of aromatic nitrogens is 2. The monoisotopic (exact) mass is 332 g/mol. The normalized spacial score (nSPS) is 16.7. The Morgan fingerprint density at radius 2 is 2.17 bits per heavy atom. The van der Waals surface area contributed by atoms with E-state index in [1.54, 1.807) is 6.92 Å². The van der Waals surface area contributed by atoms with Crippen molar-refractivity contribution in [2.45, 2.75) is 25.8 Å². The molecule has 0 bridgehead atoms. The molecule has 0 unspecified atom stereocenters. The van der Waals surface area contributed by atoms with Gasteiger partial charge in [0.15, 0.2) is 0 Å². The van der Waals surface area contributed by atoms with Gasteiger partial charge in [-0.15, -0.1) is 0 Å². The lowest BCUT2D eigenvalue weighted by atomic mass is 10.1. The van der Waals surface area contributed by atoms with E-state index in [-0.39, 0.29) is 11.9 Å². The second-order valence-corrected chi connectivity index (χ2v) is 5.41. The second kappa shape index (κ2) is 5.84. The first-order valence-corrected chi connectivity index (χ1v) is 6.93. The fourth-order valence-electron chi connectivity index (χ4n) is 2.08. The van der Waals surface area contributed by atoms with Crippen molar-refractivity contribution in [3.05, 3.63) is 16.0 Å². The van der Waals surface area contributed by atoms with Crippen LogP contribution in [0.25, 0.3) is 0 Å². The summed E-state index contributed by atoms with van der Waals surface area (Å²) in [5.74, 6) is 0.844. The van der Waals surface area contributed by atoms with E-state index >= 15 is 0 Å². The molecule has 1 aliphatic rings. The number of hydrogen-bond donors (Lipinski definition) is 1. The molecule has 1 aromatic rings. The lowest BCUT2D eigenvalue weighted by Crippen LogP contribution is -2.44. The number of anilines is 1. The van der Waals surface area contributed by atoms with E-state index in [4.69, 9.17) is 11.6 Å². The fraction of sp³-hybridized carbons (Fsp3) is 0.545. The SMILES string of the molecule is CC(=O)NC1CCN(c2ncnc(Cl)c2Br)CC1. The maximum absolute atomic E-state index is 11.0. The highest BCUT2D eigenvalue weighted by Crippen LogP contribution is 2.30. The Morgan fingerprint density at radius 1 is 1.50 bits per heavy atom. The van der Waals surface area contributed by atoms with E-state index in [2.05, 4.69) is 36.1 Å². The first kappa shape index (κ1) is 13.5. The zero-order chi connectivity index (χ0) is 13.1. The van der Waals surface area contributed by atoms with Crippen molar-refractivity contribution >= 4 is 39.3 Å². The van der Waals surface area contributed by atoms with Gasteiger partial charge in [0.25, 0.3) is 0 Å². The molecular weight excluding hydrogens is 320 g/mol. The number of piperidine rings is 1. The number of carbonyl (C=O) groups excluding carboxylic acids is 1. The highest BCUT2D eigenvalue weighted by Gasteiger charge is 2.22. The molecule has 0 atom stereocenters. The van der Waals surface area contributed by atoms with Crippen molar-refractivity contribution in [2.75, 3.05) is 18.0 Å². The third-order valence-electron chi connectivity index (χ3n) is 2.93. The third-order valence-corrected chi connectivity index (χ3v) is 4.18. The van der Waals surface area contributed by atoms with Gasteiger partial charge in [-0.3, -0.25) is 4.79 Å². The molecule has 0 aliphatic carbocycles. The molecule has 2 rings (SSSR count). The van der Waals surface area contributed by atoms with Crippen molar-refractivity contribution in [3.63, 3.8) is 0 Å². The predicted octanol–water partition coefficient (Wildman–Crippen LogP) is 2.00. The largest absolute Gasteiger partial charge is 0.355 e. The van der Waals surface area contributed by atoms with Gasteiger partial charge in [-0.2, -0.15) is 0 Å². The lowest BCUT2D eigenvalue weighted by Gasteiger charge is -2.33. The molecule has 98 valence electrons. The summed E-state index contributed by atoms with van der Waals surface area (Å²) >= 11 is 9.35. The summed E-state index contributed by atoms with van der Waals surface area (Å²) in [6, 6.07) is 0.259.